The molecule has 0 aromatic heterocycles. The van der Waals surface area contributed by atoms with Crippen LogP contribution in [0.5, 0.6) is 5.75 Å². The van der Waals surface area contributed by atoms with Gasteiger partial charge in [0.2, 0.25) is 0 Å². The highest BCUT2D eigenvalue weighted by Gasteiger charge is 2.44. The van der Waals surface area contributed by atoms with E-state index in [1.807, 2.05) is 13.0 Å². The van der Waals surface area contributed by atoms with Crippen molar-refractivity contribution in [3.63, 3.8) is 0 Å². The van der Waals surface area contributed by atoms with E-state index in [2.05, 4.69) is 130 Å². The molecule has 0 unspecified atom stereocenters. The van der Waals surface area contributed by atoms with Gasteiger partial charge in [0.05, 0.1) is 6.16 Å². The van der Waals surface area contributed by atoms with Gasteiger partial charge in [0, 0.05) is 0 Å². The molecule has 0 saturated heterocycles. The summed E-state index contributed by atoms with van der Waals surface area (Å²) in [6, 6.07) is 34.8. The third kappa shape index (κ3) is 5.16. The number of hydrogen-bond donors (Lipinski definition) is 1. The molecule has 4 aromatic rings. The predicted molar refractivity (Wildman–Crippen MR) is 155 cm³/mol. The molecular formula is C33H34OP+. The lowest BCUT2D eigenvalue weighted by atomic mass is 9.96. The lowest BCUT2D eigenvalue weighted by Gasteiger charge is -2.26. The summed E-state index contributed by atoms with van der Waals surface area (Å²) in [6.07, 6.45) is 7.75. The van der Waals surface area contributed by atoms with E-state index in [4.69, 9.17) is 0 Å². The fourth-order valence-electron chi connectivity index (χ4n) is 4.71. The molecule has 0 atom stereocenters. The minimum atomic E-state index is -1.88. The largest absolute Gasteiger partial charge is 0.508 e. The van der Waals surface area contributed by atoms with Gasteiger partial charge in [-0.15, -0.1) is 0 Å². The standard InChI is InChI=1S/C33H33OP/c1-25(20-21-32-26(2)24-33(34)28(4)27(32)3)22-23-35(29-14-8-5-9-15-29,30-16-10-6-11-17-30)31-18-12-7-13-19-31/h5-22,24H,23H2,1-4H3/p+1/b21-20+,25-22+. The van der Waals surface area contributed by atoms with Crippen LogP contribution in [0.2, 0.25) is 0 Å². The fourth-order valence-corrected chi connectivity index (χ4v) is 8.84. The lowest BCUT2D eigenvalue weighted by molar-refractivity contribution is 0.470. The van der Waals surface area contributed by atoms with Gasteiger partial charge in [-0.25, -0.2) is 0 Å². The first-order chi connectivity index (χ1) is 16.9. The maximum absolute atomic E-state index is 10.1. The van der Waals surface area contributed by atoms with Crippen LogP contribution in [0.1, 0.15) is 29.2 Å². The van der Waals surface area contributed by atoms with Crippen LogP contribution >= 0.6 is 7.26 Å². The number of rotatable bonds is 7. The van der Waals surface area contributed by atoms with Crippen LogP contribution in [0.25, 0.3) is 6.08 Å². The SMILES string of the molecule is CC(/C=C/c1c(C)cc(O)c(C)c1C)=C\C[P+](c1ccccc1)(c1ccccc1)c1ccccc1. The maximum Gasteiger partial charge on any atom is 0.119 e. The van der Waals surface area contributed by atoms with E-state index in [1.165, 1.54) is 27.1 Å². The molecule has 0 saturated carbocycles. The van der Waals surface area contributed by atoms with Crippen molar-refractivity contribution >= 4 is 29.3 Å². The Kier molecular flexibility index (Phi) is 7.69. The number of hydrogen-bond acceptors (Lipinski definition) is 1. The first kappa shape index (κ1) is 24.7. The van der Waals surface area contributed by atoms with E-state index in [-0.39, 0.29) is 0 Å². The molecule has 0 bridgehead atoms. The van der Waals surface area contributed by atoms with Gasteiger partial charge in [-0.1, -0.05) is 72.3 Å². The Morgan fingerprint density at radius 1 is 0.714 bits per heavy atom. The zero-order chi connectivity index (χ0) is 24.8. The first-order valence-corrected chi connectivity index (χ1v) is 14.1. The van der Waals surface area contributed by atoms with Gasteiger partial charge in [0.25, 0.3) is 0 Å². The van der Waals surface area contributed by atoms with Crippen molar-refractivity contribution < 1.29 is 5.11 Å². The van der Waals surface area contributed by atoms with Gasteiger partial charge in [-0.05, 0) is 98.5 Å². The summed E-state index contributed by atoms with van der Waals surface area (Å²) in [7, 11) is -1.88. The normalized spacial score (nSPS) is 12.3. The second kappa shape index (κ2) is 10.9. The number of aryl methyl sites for hydroxylation is 1. The molecule has 0 spiro atoms. The predicted octanol–water partition coefficient (Wildman–Crippen LogP) is 7.27. The van der Waals surface area contributed by atoms with Gasteiger partial charge >= 0.3 is 0 Å². The van der Waals surface area contributed by atoms with Gasteiger partial charge in [-0.3, -0.25) is 0 Å². The van der Waals surface area contributed by atoms with Crippen LogP contribution < -0.4 is 15.9 Å². The molecule has 1 nitrogen and oxygen atoms in total. The quantitative estimate of drug-likeness (QED) is 0.219. The second-order valence-electron chi connectivity index (χ2n) is 9.16. The molecule has 35 heavy (non-hydrogen) atoms. The topological polar surface area (TPSA) is 20.2 Å². The fraction of sp³-hybridized carbons (Fsp3) is 0.152. The molecule has 4 rings (SSSR count). The van der Waals surface area contributed by atoms with Gasteiger partial charge in [0.15, 0.2) is 0 Å². The molecule has 0 amide bonds. The first-order valence-electron chi connectivity index (χ1n) is 12.1. The van der Waals surface area contributed by atoms with Crippen LogP contribution in [-0.4, -0.2) is 11.3 Å². The Bertz CT molecular complexity index is 1240. The molecule has 1 N–H and O–H groups in total. The number of phenols is 1. The van der Waals surface area contributed by atoms with Crippen LogP contribution in [0.15, 0.2) is 115 Å². The molecular weight excluding hydrogens is 443 g/mol. The van der Waals surface area contributed by atoms with Crippen molar-refractivity contribution in [3.8, 4) is 5.75 Å². The van der Waals surface area contributed by atoms with Crippen molar-refractivity contribution in [2.24, 2.45) is 0 Å². The lowest BCUT2D eigenvalue weighted by Crippen LogP contribution is -2.33. The van der Waals surface area contributed by atoms with Crippen molar-refractivity contribution in [2.45, 2.75) is 27.7 Å². The Balaban J connectivity index is 1.79. The van der Waals surface area contributed by atoms with E-state index in [9.17, 15) is 5.11 Å². The molecule has 2 heteroatoms. The second-order valence-corrected chi connectivity index (χ2v) is 12.7. The molecule has 0 aliphatic heterocycles. The maximum atomic E-state index is 10.1. The third-order valence-electron chi connectivity index (χ3n) is 6.92. The Morgan fingerprint density at radius 2 is 1.17 bits per heavy atom. The van der Waals surface area contributed by atoms with Crippen LogP contribution in [-0.2, 0) is 0 Å². The number of allylic oxidation sites excluding steroid dienone is 3. The molecule has 0 fully saturated rings. The minimum Gasteiger partial charge on any atom is -0.508 e. The summed E-state index contributed by atoms with van der Waals surface area (Å²) in [4.78, 5) is 0. The summed E-state index contributed by atoms with van der Waals surface area (Å²) in [6.45, 7) is 8.30. The van der Waals surface area contributed by atoms with E-state index in [0.717, 1.165) is 22.9 Å². The molecule has 4 aromatic carbocycles. The van der Waals surface area contributed by atoms with E-state index in [1.54, 1.807) is 0 Å². The van der Waals surface area contributed by atoms with Crippen LogP contribution in [0.3, 0.4) is 0 Å². The minimum absolute atomic E-state index is 0.368. The van der Waals surface area contributed by atoms with E-state index in [0.29, 0.717) is 5.75 Å². The number of benzene rings is 4. The van der Waals surface area contributed by atoms with Gasteiger partial charge < -0.3 is 5.11 Å². The summed E-state index contributed by atoms with van der Waals surface area (Å²) in [5.41, 5.74) is 5.59. The number of phenolic OH excluding ortho intramolecular Hbond substituents is 1. The van der Waals surface area contributed by atoms with Gasteiger partial charge in [-0.2, -0.15) is 0 Å². The summed E-state index contributed by atoms with van der Waals surface area (Å²) >= 11 is 0. The van der Waals surface area contributed by atoms with Crippen molar-refractivity contribution in [1.29, 1.82) is 0 Å². The van der Waals surface area contributed by atoms with Crippen LogP contribution in [0.4, 0.5) is 0 Å². The van der Waals surface area contributed by atoms with E-state index >= 15 is 0 Å². The smallest absolute Gasteiger partial charge is 0.119 e. The average Bonchev–Trinajstić information content (AvgIpc) is 2.89. The Hall–Kier alpha value is -3.41. The molecule has 0 radical (unpaired) electrons. The van der Waals surface area contributed by atoms with Gasteiger partial charge in [0.1, 0.15) is 28.9 Å². The zero-order valence-corrected chi connectivity index (χ0v) is 22.0. The zero-order valence-electron chi connectivity index (χ0n) is 21.1. The van der Waals surface area contributed by atoms with Crippen LogP contribution in [0, 0.1) is 20.8 Å². The summed E-state index contributed by atoms with van der Waals surface area (Å²) < 4.78 is 0. The summed E-state index contributed by atoms with van der Waals surface area (Å²) in [5.74, 6) is 0.368. The Morgan fingerprint density at radius 3 is 1.63 bits per heavy atom. The molecule has 0 heterocycles. The highest BCUT2D eigenvalue weighted by molar-refractivity contribution is 7.95. The van der Waals surface area contributed by atoms with E-state index < -0.39 is 7.26 Å². The van der Waals surface area contributed by atoms with Crippen molar-refractivity contribution in [2.75, 3.05) is 6.16 Å². The Labute approximate surface area is 210 Å². The number of aromatic hydroxyl groups is 1. The van der Waals surface area contributed by atoms with Crippen molar-refractivity contribution in [3.05, 3.63) is 137 Å². The molecule has 0 aliphatic carbocycles. The average molecular weight is 478 g/mol. The molecule has 176 valence electrons. The summed E-state index contributed by atoms with van der Waals surface area (Å²) in [5, 5.41) is 14.3. The monoisotopic (exact) mass is 477 g/mol. The third-order valence-corrected chi connectivity index (χ3v) is 11.2. The van der Waals surface area contributed by atoms with Crippen molar-refractivity contribution in [1.82, 2.24) is 0 Å². The highest BCUT2D eigenvalue weighted by atomic mass is 31.2. The molecule has 0 aliphatic rings. The highest BCUT2D eigenvalue weighted by Crippen LogP contribution is 2.55.